The van der Waals surface area contributed by atoms with Crippen LogP contribution in [0.5, 0.6) is 0 Å². The summed E-state index contributed by atoms with van der Waals surface area (Å²) in [6.07, 6.45) is 4.05. The summed E-state index contributed by atoms with van der Waals surface area (Å²) in [4.78, 5) is 2.51. The first-order valence-electron chi connectivity index (χ1n) is 5.56. The summed E-state index contributed by atoms with van der Waals surface area (Å²) in [5.74, 6) is 1.37. The van der Waals surface area contributed by atoms with Gasteiger partial charge in [-0.25, -0.2) is 5.10 Å². The first-order valence-corrected chi connectivity index (χ1v) is 6.44. The molecule has 0 radical (unpaired) electrons. The van der Waals surface area contributed by atoms with Gasteiger partial charge in [-0.3, -0.25) is 4.90 Å². The molecule has 0 aromatic carbocycles. The Balaban J connectivity index is 2.07. The summed E-state index contributed by atoms with van der Waals surface area (Å²) in [6, 6.07) is 2.16. The number of rotatable bonds is 1. The van der Waals surface area contributed by atoms with Gasteiger partial charge in [-0.05, 0) is 30.7 Å². The zero-order chi connectivity index (χ0) is 10.3. The van der Waals surface area contributed by atoms with Crippen molar-refractivity contribution in [3.8, 4) is 0 Å². The number of aromatic nitrogens is 2. The molecule has 0 spiro atoms. The molecule has 1 aliphatic rings. The molecule has 0 saturated carbocycles. The average molecular weight is 222 g/mol. The van der Waals surface area contributed by atoms with Gasteiger partial charge in [0, 0.05) is 0 Å². The van der Waals surface area contributed by atoms with Crippen LogP contribution in [-0.2, 0) is 7.05 Å². The fraction of sp³-hybridized carbons (Fsp3) is 0.545. The van der Waals surface area contributed by atoms with E-state index in [-0.39, 0.29) is 0 Å². The highest BCUT2D eigenvalue weighted by atomic mass is 32.1. The molecule has 2 aromatic rings. The molecule has 80 valence electrons. The Kier molecular flexibility index (Phi) is 2.16. The van der Waals surface area contributed by atoms with Crippen LogP contribution >= 0.6 is 11.3 Å². The monoisotopic (exact) mass is 222 g/mol. The summed E-state index contributed by atoms with van der Waals surface area (Å²) in [6.45, 7) is 2.41. The van der Waals surface area contributed by atoms with Gasteiger partial charge in [0.1, 0.15) is 17.3 Å². The van der Waals surface area contributed by atoms with Crippen molar-refractivity contribution >= 4 is 27.4 Å². The van der Waals surface area contributed by atoms with Gasteiger partial charge >= 0.3 is 5.82 Å². The predicted octanol–water partition coefficient (Wildman–Crippen LogP) is 2.04. The summed E-state index contributed by atoms with van der Waals surface area (Å²) in [5.41, 5.74) is 1.27. The minimum atomic E-state index is 1.21. The fourth-order valence-corrected chi connectivity index (χ4v) is 3.37. The van der Waals surface area contributed by atoms with Crippen molar-refractivity contribution in [1.29, 1.82) is 0 Å². The molecule has 15 heavy (non-hydrogen) atoms. The molecule has 0 aliphatic carbocycles. The van der Waals surface area contributed by atoms with Crippen molar-refractivity contribution in [2.45, 2.75) is 19.3 Å². The zero-order valence-corrected chi connectivity index (χ0v) is 9.81. The summed E-state index contributed by atoms with van der Waals surface area (Å²) < 4.78 is 3.56. The number of H-pyrrole nitrogens is 1. The largest absolute Gasteiger partial charge is 0.314 e. The van der Waals surface area contributed by atoms with Crippen LogP contribution in [0.4, 0.5) is 5.82 Å². The third-order valence-electron chi connectivity index (χ3n) is 3.13. The maximum Gasteiger partial charge on any atom is 0.314 e. The second kappa shape index (κ2) is 3.52. The number of fused-ring (bicyclic) bond motifs is 1. The number of aryl methyl sites for hydroxylation is 1. The molecular formula is C11H16N3S+. The molecule has 3 heterocycles. The number of aromatic amines is 1. The maximum absolute atomic E-state index is 3.39. The summed E-state index contributed by atoms with van der Waals surface area (Å²) >= 11 is 1.83. The van der Waals surface area contributed by atoms with E-state index >= 15 is 0 Å². The van der Waals surface area contributed by atoms with Gasteiger partial charge in [0.25, 0.3) is 0 Å². The zero-order valence-electron chi connectivity index (χ0n) is 8.99. The highest BCUT2D eigenvalue weighted by Crippen LogP contribution is 2.29. The van der Waals surface area contributed by atoms with Crippen LogP contribution < -0.4 is 9.58 Å². The lowest BCUT2D eigenvalue weighted by Gasteiger charge is -2.20. The SMILES string of the molecule is C[n+]1[nH]c2ccsc2c1N1CCCCC1. The van der Waals surface area contributed by atoms with E-state index in [0.717, 1.165) is 0 Å². The third kappa shape index (κ3) is 1.44. The Morgan fingerprint density at radius 1 is 1.33 bits per heavy atom. The number of hydrogen-bond donors (Lipinski definition) is 1. The third-order valence-corrected chi connectivity index (χ3v) is 4.04. The van der Waals surface area contributed by atoms with E-state index in [2.05, 4.69) is 33.2 Å². The normalized spacial score (nSPS) is 17.5. The van der Waals surface area contributed by atoms with Gasteiger partial charge in [0.05, 0.1) is 13.1 Å². The lowest BCUT2D eigenvalue weighted by atomic mass is 10.1. The van der Waals surface area contributed by atoms with E-state index in [9.17, 15) is 0 Å². The van der Waals surface area contributed by atoms with Crippen molar-refractivity contribution in [3.05, 3.63) is 11.4 Å². The smallest absolute Gasteiger partial charge is 0.259 e. The Bertz CT molecular complexity index is 465. The van der Waals surface area contributed by atoms with Crippen molar-refractivity contribution in [2.75, 3.05) is 18.0 Å². The molecule has 1 saturated heterocycles. The maximum atomic E-state index is 3.39. The van der Waals surface area contributed by atoms with Crippen LogP contribution in [0.1, 0.15) is 19.3 Å². The van der Waals surface area contributed by atoms with Crippen molar-refractivity contribution in [1.82, 2.24) is 5.10 Å². The fourth-order valence-electron chi connectivity index (χ4n) is 2.42. The second-order valence-electron chi connectivity index (χ2n) is 4.21. The summed E-state index contributed by atoms with van der Waals surface area (Å²) in [5, 5.41) is 5.55. The minimum Gasteiger partial charge on any atom is -0.259 e. The van der Waals surface area contributed by atoms with Gasteiger partial charge in [0.2, 0.25) is 0 Å². The number of thiophene rings is 1. The predicted molar refractivity (Wildman–Crippen MR) is 63.4 cm³/mol. The highest BCUT2D eigenvalue weighted by molar-refractivity contribution is 7.17. The Morgan fingerprint density at radius 2 is 2.13 bits per heavy atom. The number of nitrogens with zero attached hydrogens (tertiary/aromatic N) is 2. The van der Waals surface area contributed by atoms with Crippen LogP contribution in [0.2, 0.25) is 0 Å². The standard InChI is InChI=1S/C11H15N3S/c1-13-11(14-6-3-2-4-7-14)10-9(12-13)5-8-15-10/h5,8H,2-4,6-7H2,1H3/p+1. The topological polar surface area (TPSA) is 22.9 Å². The second-order valence-corrected chi connectivity index (χ2v) is 5.12. The van der Waals surface area contributed by atoms with E-state index in [1.54, 1.807) is 0 Å². The van der Waals surface area contributed by atoms with Crippen LogP contribution in [-0.4, -0.2) is 18.2 Å². The quantitative estimate of drug-likeness (QED) is 0.733. The number of anilines is 1. The molecule has 0 amide bonds. The lowest BCUT2D eigenvalue weighted by Crippen LogP contribution is -2.41. The van der Waals surface area contributed by atoms with Crippen molar-refractivity contribution in [2.24, 2.45) is 7.05 Å². The lowest BCUT2D eigenvalue weighted by molar-refractivity contribution is -0.713. The molecule has 1 N–H and O–H groups in total. The van der Waals surface area contributed by atoms with Crippen LogP contribution in [0.3, 0.4) is 0 Å². The Morgan fingerprint density at radius 3 is 2.93 bits per heavy atom. The van der Waals surface area contributed by atoms with E-state index in [4.69, 9.17) is 0 Å². The van der Waals surface area contributed by atoms with E-state index < -0.39 is 0 Å². The average Bonchev–Trinajstić information content (AvgIpc) is 2.78. The molecule has 0 bridgehead atoms. The minimum absolute atomic E-state index is 1.21. The highest BCUT2D eigenvalue weighted by Gasteiger charge is 2.26. The Hall–Kier alpha value is -1.03. The van der Waals surface area contributed by atoms with Gasteiger partial charge < -0.3 is 0 Å². The van der Waals surface area contributed by atoms with Gasteiger partial charge in [0.15, 0.2) is 0 Å². The Labute approximate surface area is 93.3 Å². The first kappa shape index (κ1) is 9.21. The molecular weight excluding hydrogens is 206 g/mol. The van der Waals surface area contributed by atoms with Crippen molar-refractivity contribution < 1.29 is 4.68 Å². The molecule has 0 unspecified atom stereocenters. The molecule has 1 fully saturated rings. The molecule has 3 rings (SSSR count). The first-order chi connectivity index (χ1) is 7.36. The van der Waals surface area contributed by atoms with Gasteiger partial charge in [-0.1, -0.05) is 0 Å². The van der Waals surface area contributed by atoms with E-state index in [1.807, 2.05) is 11.3 Å². The van der Waals surface area contributed by atoms with Crippen molar-refractivity contribution in [3.63, 3.8) is 0 Å². The molecule has 4 heteroatoms. The van der Waals surface area contributed by atoms with Crippen LogP contribution in [0.25, 0.3) is 10.2 Å². The number of piperidine rings is 1. The number of nitrogens with one attached hydrogen (secondary N) is 1. The van der Waals surface area contributed by atoms with E-state index in [1.165, 1.54) is 48.4 Å². The van der Waals surface area contributed by atoms with Gasteiger partial charge in [-0.15, -0.1) is 11.3 Å². The molecule has 1 aliphatic heterocycles. The molecule has 3 nitrogen and oxygen atoms in total. The summed E-state index contributed by atoms with van der Waals surface area (Å²) in [7, 11) is 2.11. The number of hydrogen-bond acceptors (Lipinski definition) is 2. The van der Waals surface area contributed by atoms with Crippen LogP contribution in [0.15, 0.2) is 11.4 Å². The van der Waals surface area contributed by atoms with E-state index in [0.29, 0.717) is 0 Å². The van der Waals surface area contributed by atoms with Crippen LogP contribution in [0, 0.1) is 0 Å². The molecule has 0 atom stereocenters. The molecule has 2 aromatic heterocycles. The van der Waals surface area contributed by atoms with Gasteiger partial charge in [-0.2, -0.15) is 4.68 Å².